The number of carbonyl (C=O) groups is 2. The minimum Gasteiger partial charge on any atom is -0.493 e. The molecule has 0 radical (unpaired) electrons. The quantitative estimate of drug-likeness (QED) is 0.667. The Hall–Kier alpha value is -3.07. The molecule has 1 aliphatic carbocycles. The molecular formula is C21H22N2O6S. The summed E-state index contributed by atoms with van der Waals surface area (Å²) in [4.78, 5) is 27.4. The Bertz CT molecular complexity index is 1100. The number of amides is 2. The van der Waals surface area contributed by atoms with Gasteiger partial charge in [0.25, 0.3) is 15.9 Å². The number of benzene rings is 2. The van der Waals surface area contributed by atoms with Crippen LogP contribution in [0.25, 0.3) is 0 Å². The SMILES string of the molecule is COc1cc2c(cc1OC)S(=O)(=O)N(CC(=O)N(Cc1ccccc1)C1CC1)C2=O. The number of ether oxygens (including phenoxy) is 2. The van der Waals surface area contributed by atoms with E-state index >= 15 is 0 Å². The van der Waals surface area contributed by atoms with Crippen molar-refractivity contribution in [1.82, 2.24) is 9.21 Å². The highest BCUT2D eigenvalue weighted by Crippen LogP contribution is 2.39. The van der Waals surface area contributed by atoms with Gasteiger partial charge in [0, 0.05) is 18.7 Å². The van der Waals surface area contributed by atoms with E-state index in [4.69, 9.17) is 9.47 Å². The van der Waals surface area contributed by atoms with Crippen LogP contribution in [-0.2, 0) is 21.4 Å². The number of methoxy groups -OCH3 is 2. The standard InChI is InChI=1S/C21H22N2O6S/c1-28-17-10-16-19(11-18(17)29-2)30(26,27)23(21(16)25)13-20(24)22(15-8-9-15)12-14-6-4-3-5-7-14/h3-7,10-11,15H,8-9,12-13H2,1-2H3. The third-order valence-electron chi connectivity index (χ3n) is 5.29. The Morgan fingerprint density at radius 2 is 1.73 bits per heavy atom. The molecule has 0 aromatic heterocycles. The molecule has 30 heavy (non-hydrogen) atoms. The molecule has 2 aliphatic rings. The molecule has 0 N–H and O–H groups in total. The molecule has 1 fully saturated rings. The predicted molar refractivity (Wildman–Crippen MR) is 108 cm³/mol. The van der Waals surface area contributed by atoms with E-state index in [-0.39, 0.29) is 28.0 Å². The lowest BCUT2D eigenvalue weighted by atomic mass is 10.2. The topological polar surface area (TPSA) is 93.2 Å². The van der Waals surface area contributed by atoms with Gasteiger partial charge in [0.05, 0.1) is 19.8 Å². The van der Waals surface area contributed by atoms with E-state index in [1.807, 2.05) is 30.3 Å². The monoisotopic (exact) mass is 430 g/mol. The van der Waals surface area contributed by atoms with Crippen LogP contribution in [0.4, 0.5) is 0 Å². The fraction of sp³-hybridized carbons (Fsp3) is 0.333. The molecule has 0 spiro atoms. The van der Waals surface area contributed by atoms with Crippen LogP contribution in [0.5, 0.6) is 11.5 Å². The van der Waals surface area contributed by atoms with Gasteiger partial charge in [-0.1, -0.05) is 30.3 Å². The normalized spacial score (nSPS) is 16.9. The summed E-state index contributed by atoms with van der Waals surface area (Å²) in [6.07, 6.45) is 1.74. The minimum atomic E-state index is -4.16. The summed E-state index contributed by atoms with van der Waals surface area (Å²) < 4.78 is 37.0. The van der Waals surface area contributed by atoms with Gasteiger partial charge in [-0.3, -0.25) is 9.59 Å². The lowest BCUT2D eigenvalue weighted by Crippen LogP contribution is -2.43. The van der Waals surface area contributed by atoms with Crippen LogP contribution in [0.1, 0.15) is 28.8 Å². The number of fused-ring (bicyclic) bond motifs is 1. The van der Waals surface area contributed by atoms with Crippen molar-refractivity contribution in [2.75, 3.05) is 20.8 Å². The zero-order valence-electron chi connectivity index (χ0n) is 16.7. The maximum absolute atomic E-state index is 13.0. The summed E-state index contributed by atoms with van der Waals surface area (Å²) in [6, 6.07) is 12.1. The highest BCUT2D eigenvalue weighted by Gasteiger charge is 2.45. The van der Waals surface area contributed by atoms with Gasteiger partial charge in [-0.25, -0.2) is 12.7 Å². The van der Waals surface area contributed by atoms with Gasteiger partial charge in [0.2, 0.25) is 5.91 Å². The second kappa shape index (κ2) is 7.64. The fourth-order valence-corrected chi connectivity index (χ4v) is 5.08. The third-order valence-corrected chi connectivity index (χ3v) is 7.06. The summed E-state index contributed by atoms with van der Waals surface area (Å²) in [7, 11) is -1.38. The number of hydrogen-bond donors (Lipinski definition) is 0. The zero-order valence-corrected chi connectivity index (χ0v) is 17.5. The molecule has 0 unspecified atom stereocenters. The molecule has 2 amide bonds. The van der Waals surface area contributed by atoms with Crippen molar-refractivity contribution in [3.63, 3.8) is 0 Å². The third kappa shape index (κ3) is 3.49. The molecular weight excluding hydrogens is 408 g/mol. The van der Waals surface area contributed by atoms with E-state index < -0.39 is 28.4 Å². The largest absolute Gasteiger partial charge is 0.493 e. The number of hydrogen-bond acceptors (Lipinski definition) is 6. The number of nitrogens with zero attached hydrogens (tertiary/aromatic N) is 2. The maximum Gasteiger partial charge on any atom is 0.269 e. The number of carbonyl (C=O) groups excluding carboxylic acids is 2. The van der Waals surface area contributed by atoms with Gasteiger partial charge in [-0.05, 0) is 24.5 Å². The van der Waals surface area contributed by atoms with Gasteiger partial charge in [0.1, 0.15) is 11.4 Å². The van der Waals surface area contributed by atoms with Crippen molar-refractivity contribution >= 4 is 21.8 Å². The summed E-state index contributed by atoms with van der Waals surface area (Å²) in [6.45, 7) is -0.162. The Morgan fingerprint density at radius 1 is 1.10 bits per heavy atom. The fourth-order valence-electron chi connectivity index (χ4n) is 3.56. The molecule has 1 saturated carbocycles. The highest BCUT2D eigenvalue weighted by molar-refractivity contribution is 7.90. The van der Waals surface area contributed by atoms with Gasteiger partial charge >= 0.3 is 0 Å². The van der Waals surface area contributed by atoms with Crippen LogP contribution >= 0.6 is 0 Å². The molecule has 2 aromatic carbocycles. The number of rotatable bonds is 7. The Labute approximate surface area is 175 Å². The van der Waals surface area contributed by atoms with Gasteiger partial charge in [-0.15, -0.1) is 0 Å². The van der Waals surface area contributed by atoms with Crippen LogP contribution in [0.2, 0.25) is 0 Å². The average Bonchev–Trinajstić information content (AvgIpc) is 3.57. The summed E-state index contributed by atoms with van der Waals surface area (Å²) in [5.74, 6) is -0.694. The smallest absolute Gasteiger partial charge is 0.269 e. The van der Waals surface area contributed by atoms with Gasteiger partial charge in [-0.2, -0.15) is 0 Å². The lowest BCUT2D eigenvalue weighted by molar-refractivity contribution is -0.132. The zero-order chi connectivity index (χ0) is 21.5. The maximum atomic E-state index is 13.0. The van der Waals surface area contributed by atoms with Gasteiger partial charge < -0.3 is 14.4 Å². The first kappa shape index (κ1) is 20.2. The summed E-state index contributed by atoms with van der Waals surface area (Å²) >= 11 is 0. The van der Waals surface area contributed by atoms with Crippen LogP contribution in [-0.4, -0.2) is 56.2 Å². The highest BCUT2D eigenvalue weighted by atomic mass is 32.2. The minimum absolute atomic E-state index is 0.0264. The molecule has 0 saturated heterocycles. The molecule has 4 rings (SSSR count). The first-order valence-corrected chi connectivity index (χ1v) is 11.0. The summed E-state index contributed by atoms with van der Waals surface area (Å²) in [5.41, 5.74) is 0.924. The molecule has 158 valence electrons. The van der Waals surface area contributed by atoms with Crippen LogP contribution in [0.3, 0.4) is 0 Å². The Kier molecular flexibility index (Phi) is 5.15. The average molecular weight is 430 g/mol. The molecule has 2 aromatic rings. The molecule has 8 nitrogen and oxygen atoms in total. The summed E-state index contributed by atoms with van der Waals surface area (Å²) in [5, 5.41) is 0. The van der Waals surface area contributed by atoms with E-state index in [9.17, 15) is 18.0 Å². The van der Waals surface area contributed by atoms with Crippen LogP contribution in [0.15, 0.2) is 47.4 Å². The Balaban J connectivity index is 1.60. The van der Waals surface area contributed by atoms with Crippen molar-refractivity contribution in [3.05, 3.63) is 53.6 Å². The van der Waals surface area contributed by atoms with E-state index in [0.717, 1.165) is 18.4 Å². The molecule has 0 bridgehead atoms. The molecule has 0 atom stereocenters. The second-order valence-corrected chi connectivity index (χ2v) is 9.09. The van der Waals surface area contributed by atoms with Crippen LogP contribution < -0.4 is 9.47 Å². The van der Waals surface area contributed by atoms with Crippen molar-refractivity contribution in [3.8, 4) is 11.5 Å². The van der Waals surface area contributed by atoms with E-state index in [0.29, 0.717) is 10.8 Å². The van der Waals surface area contributed by atoms with Crippen molar-refractivity contribution < 1.29 is 27.5 Å². The van der Waals surface area contributed by atoms with E-state index in [2.05, 4.69) is 0 Å². The molecule has 9 heteroatoms. The Morgan fingerprint density at radius 3 is 2.33 bits per heavy atom. The van der Waals surface area contributed by atoms with Crippen molar-refractivity contribution in [2.45, 2.75) is 30.3 Å². The van der Waals surface area contributed by atoms with Crippen molar-refractivity contribution in [1.29, 1.82) is 0 Å². The predicted octanol–water partition coefficient (Wildman–Crippen LogP) is 2.04. The van der Waals surface area contributed by atoms with E-state index in [1.165, 1.54) is 26.4 Å². The van der Waals surface area contributed by atoms with Crippen LogP contribution in [0, 0.1) is 0 Å². The lowest BCUT2D eigenvalue weighted by Gasteiger charge is -2.25. The molecule has 1 heterocycles. The second-order valence-electron chi connectivity index (χ2n) is 7.26. The van der Waals surface area contributed by atoms with Gasteiger partial charge in [0.15, 0.2) is 11.5 Å². The van der Waals surface area contributed by atoms with Crippen molar-refractivity contribution in [2.24, 2.45) is 0 Å². The number of sulfonamides is 1. The first-order chi connectivity index (χ1) is 14.4. The van der Waals surface area contributed by atoms with E-state index in [1.54, 1.807) is 4.90 Å². The first-order valence-electron chi connectivity index (χ1n) is 9.53. The molecule has 1 aliphatic heterocycles.